The van der Waals surface area contributed by atoms with E-state index in [0.29, 0.717) is 0 Å². The Hall–Kier alpha value is -1.97. The van der Waals surface area contributed by atoms with Crippen LogP contribution in [0.5, 0.6) is 0 Å². The quantitative estimate of drug-likeness (QED) is 0.540. The number of ether oxygens (including phenoxy) is 1. The molecule has 1 aromatic carbocycles. The molecular weight excluding hydrogens is 312 g/mol. The summed E-state index contributed by atoms with van der Waals surface area (Å²) < 4.78 is 30.9. The molecule has 0 saturated carbocycles. The topological polar surface area (TPSA) is 122 Å². The number of hydrogen-bond donors (Lipinski definition) is 3. The summed E-state index contributed by atoms with van der Waals surface area (Å²) in [6, 6.07) is 5.34. The fourth-order valence-corrected chi connectivity index (χ4v) is 2.55. The Morgan fingerprint density at radius 3 is 2.36 bits per heavy atom. The van der Waals surface area contributed by atoms with Crippen molar-refractivity contribution in [3.8, 4) is 0 Å². The van der Waals surface area contributed by atoms with Crippen molar-refractivity contribution in [1.82, 2.24) is 10.0 Å². The molecular formula is C13H18N2O6S. The molecule has 0 aliphatic rings. The predicted molar refractivity (Wildman–Crippen MR) is 78.1 cm³/mol. The number of benzene rings is 1. The zero-order valence-corrected chi connectivity index (χ0v) is 12.9. The molecule has 0 radical (unpaired) electrons. The second kappa shape index (κ2) is 8.47. The lowest BCUT2D eigenvalue weighted by Crippen LogP contribution is -2.28. The average molecular weight is 330 g/mol. The van der Waals surface area contributed by atoms with Gasteiger partial charge < -0.3 is 15.2 Å². The lowest BCUT2D eigenvalue weighted by atomic mass is 10.2. The van der Waals surface area contributed by atoms with E-state index in [1.165, 1.54) is 31.4 Å². The first-order valence-electron chi connectivity index (χ1n) is 6.45. The Kier molecular flexibility index (Phi) is 6.96. The molecule has 0 aromatic heterocycles. The van der Waals surface area contributed by atoms with Gasteiger partial charge in [-0.25, -0.2) is 13.1 Å². The van der Waals surface area contributed by atoms with Crippen LogP contribution < -0.4 is 10.0 Å². The van der Waals surface area contributed by atoms with Crippen LogP contribution in [0.4, 0.5) is 0 Å². The Labute approximate surface area is 128 Å². The zero-order valence-electron chi connectivity index (χ0n) is 12.0. The van der Waals surface area contributed by atoms with Crippen LogP contribution in [0.25, 0.3) is 0 Å². The molecule has 1 amide bonds. The Bertz CT molecular complexity index is 612. The normalized spacial score (nSPS) is 11.1. The summed E-state index contributed by atoms with van der Waals surface area (Å²) in [6.45, 7) is 0.409. The Balaban J connectivity index is 2.65. The molecule has 0 spiro atoms. The minimum Gasteiger partial charge on any atom is -0.481 e. The van der Waals surface area contributed by atoms with E-state index >= 15 is 0 Å². The van der Waals surface area contributed by atoms with Crippen LogP contribution >= 0.6 is 0 Å². The van der Waals surface area contributed by atoms with Gasteiger partial charge in [-0.15, -0.1) is 0 Å². The highest BCUT2D eigenvalue weighted by atomic mass is 32.2. The van der Waals surface area contributed by atoms with Crippen molar-refractivity contribution in [3.05, 3.63) is 29.8 Å². The summed E-state index contributed by atoms with van der Waals surface area (Å²) in [7, 11) is -2.18. The lowest BCUT2D eigenvalue weighted by Gasteiger charge is -2.07. The van der Waals surface area contributed by atoms with Gasteiger partial charge in [0.05, 0.1) is 17.9 Å². The standard InChI is InChI=1S/C13H18N2O6S/c1-21-9-8-15-22(19,20)11-4-2-10(3-5-11)13(18)14-7-6-12(16)17/h2-5,15H,6-9H2,1H3,(H,14,18)(H,16,17). The number of hydrogen-bond acceptors (Lipinski definition) is 5. The highest BCUT2D eigenvalue weighted by molar-refractivity contribution is 7.89. The molecule has 1 rings (SSSR count). The minimum absolute atomic E-state index is 0.00674. The molecule has 22 heavy (non-hydrogen) atoms. The van der Waals surface area contributed by atoms with E-state index in [-0.39, 0.29) is 36.6 Å². The van der Waals surface area contributed by atoms with Crippen LogP contribution in [0.2, 0.25) is 0 Å². The number of carboxylic acids is 1. The highest BCUT2D eigenvalue weighted by Crippen LogP contribution is 2.10. The molecule has 0 bridgehead atoms. The van der Waals surface area contributed by atoms with E-state index in [1.807, 2.05) is 0 Å². The van der Waals surface area contributed by atoms with E-state index < -0.39 is 21.9 Å². The number of aliphatic carboxylic acids is 1. The fraction of sp³-hybridized carbons (Fsp3) is 0.385. The van der Waals surface area contributed by atoms with Gasteiger partial charge in [-0.3, -0.25) is 9.59 Å². The minimum atomic E-state index is -3.64. The van der Waals surface area contributed by atoms with E-state index in [0.717, 1.165) is 0 Å². The molecule has 3 N–H and O–H groups in total. The lowest BCUT2D eigenvalue weighted by molar-refractivity contribution is -0.136. The number of carboxylic acid groups (broad SMARTS) is 1. The molecule has 0 atom stereocenters. The van der Waals surface area contributed by atoms with Gasteiger partial charge in [0, 0.05) is 25.8 Å². The van der Waals surface area contributed by atoms with Gasteiger partial charge in [0.25, 0.3) is 5.91 Å². The van der Waals surface area contributed by atoms with Gasteiger partial charge in [-0.2, -0.15) is 0 Å². The molecule has 0 aliphatic carbocycles. The average Bonchev–Trinajstić information content (AvgIpc) is 2.47. The Morgan fingerprint density at radius 1 is 1.18 bits per heavy atom. The largest absolute Gasteiger partial charge is 0.481 e. The van der Waals surface area contributed by atoms with Crippen LogP contribution in [-0.2, 0) is 19.6 Å². The number of sulfonamides is 1. The van der Waals surface area contributed by atoms with E-state index in [9.17, 15) is 18.0 Å². The van der Waals surface area contributed by atoms with Gasteiger partial charge in [-0.1, -0.05) is 0 Å². The van der Waals surface area contributed by atoms with Crippen LogP contribution in [0.1, 0.15) is 16.8 Å². The van der Waals surface area contributed by atoms with Crippen molar-refractivity contribution in [3.63, 3.8) is 0 Å². The van der Waals surface area contributed by atoms with Crippen LogP contribution in [0.15, 0.2) is 29.2 Å². The van der Waals surface area contributed by atoms with Gasteiger partial charge in [-0.05, 0) is 24.3 Å². The van der Waals surface area contributed by atoms with Crippen LogP contribution in [-0.4, -0.2) is 52.2 Å². The molecule has 0 heterocycles. The first kappa shape index (κ1) is 18.1. The van der Waals surface area contributed by atoms with Crippen LogP contribution in [0.3, 0.4) is 0 Å². The second-order valence-corrected chi connectivity index (χ2v) is 6.08. The maximum absolute atomic E-state index is 11.9. The number of rotatable bonds is 9. The Morgan fingerprint density at radius 2 is 1.82 bits per heavy atom. The zero-order chi connectivity index (χ0) is 16.6. The number of nitrogens with one attached hydrogen (secondary N) is 2. The molecule has 0 aliphatic heterocycles. The number of carbonyl (C=O) groups is 2. The van der Waals surface area contributed by atoms with Crippen molar-refractivity contribution in [2.24, 2.45) is 0 Å². The molecule has 0 saturated heterocycles. The maximum atomic E-state index is 11.9. The SMILES string of the molecule is COCCNS(=O)(=O)c1ccc(C(=O)NCCC(=O)O)cc1. The molecule has 0 fully saturated rings. The van der Waals surface area contributed by atoms with Gasteiger partial charge in [0.2, 0.25) is 10.0 Å². The number of amides is 1. The summed E-state index contributed by atoms with van der Waals surface area (Å²) >= 11 is 0. The highest BCUT2D eigenvalue weighted by Gasteiger charge is 2.14. The van der Waals surface area contributed by atoms with Crippen molar-refractivity contribution < 1.29 is 27.9 Å². The number of methoxy groups -OCH3 is 1. The molecule has 122 valence electrons. The van der Waals surface area contributed by atoms with E-state index in [1.54, 1.807) is 0 Å². The third kappa shape index (κ3) is 5.80. The maximum Gasteiger partial charge on any atom is 0.305 e. The van der Waals surface area contributed by atoms with Gasteiger partial charge in [0.15, 0.2) is 0 Å². The molecule has 1 aromatic rings. The summed E-state index contributed by atoms with van der Waals surface area (Å²) in [5.41, 5.74) is 0.251. The molecule has 8 nitrogen and oxygen atoms in total. The first-order valence-corrected chi connectivity index (χ1v) is 7.94. The molecule has 9 heteroatoms. The summed E-state index contributed by atoms with van der Waals surface area (Å²) in [4.78, 5) is 22.1. The summed E-state index contributed by atoms with van der Waals surface area (Å²) in [5, 5.41) is 10.9. The third-order valence-electron chi connectivity index (χ3n) is 2.65. The van der Waals surface area contributed by atoms with Gasteiger partial charge >= 0.3 is 5.97 Å². The molecule has 0 unspecified atom stereocenters. The smallest absolute Gasteiger partial charge is 0.305 e. The van der Waals surface area contributed by atoms with Gasteiger partial charge in [0.1, 0.15) is 0 Å². The van der Waals surface area contributed by atoms with Crippen LogP contribution in [0, 0.1) is 0 Å². The van der Waals surface area contributed by atoms with E-state index in [2.05, 4.69) is 10.0 Å². The first-order chi connectivity index (χ1) is 10.4. The third-order valence-corrected chi connectivity index (χ3v) is 4.13. The fourth-order valence-electron chi connectivity index (χ4n) is 1.53. The predicted octanol–water partition coefficient (Wildman–Crippen LogP) is -0.184. The number of carbonyl (C=O) groups excluding carboxylic acids is 1. The summed E-state index contributed by atoms with van der Waals surface area (Å²) in [6.07, 6.45) is -0.179. The van der Waals surface area contributed by atoms with Crippen molar-refractivity contribution in [2.75, 3.05) is 26.8 Å². The van der Waals surface area contributed by atoms with Crippen molar-refractivity contribution in [1.29, 1.82) is 0 Å². The van der Waals surface area contributed by atoms with Crippen molar-refractivity contribution in [2.45, 2.75) is 11.3 Å². The second-order valence-electron chi connectivity index (χ2n) is 4.31. The summed E-state index contributed by atoms with van der Waals surface area (Å²) in [5.74, 6) is -1.47. The monoisotopic (exact) mass is 330 g/mol. The van der Waals surface area contributed by atoms with Crippen molar-refractivity contribution >= 4 is 21.9 Å². The van der Waals surface area contributed by atoms with E-state index in [4.69, 9.17) is 9.84 Å².